The molecule has 12 heteroatoms. The van der Waals surface area contributed by atoms with Crippen molar-refractivity contribution >= 4 is 22.1 Å². The first kappa shape index (κ1) is 32.3. The van der Waals surface area contributed by atoms with Gasteiger partial charge >= 0.3 is 0 Å². The van der Waals surface area contributed by atoms with Crippen LogP contribution in [0.25, 0.3) is 11.4 Å². The first-order valence-corrected chi connectivity index (χ1v) is 11.9. The van der Waals surface area contributed by atoms with Gasteiger partial charge in [-0.2, -0.15) is 13.8 Å². The Hall–Kier alpha value is -3.69. The van der Waals surface area contributed by atoms with Gasteiger partial charge in [0.25, 0.3) is 5.66 Å². The third-order valence-corrected chi connectivity index (χ3v) is 5.56. The number of alkyl halides is 2. The Kier molecular flexibility index (Phi) is 12.7. The normalized spacial score (nSPS) is 11.6. The van der Waals surface area contributed by atoms with Gasteiger partial charge in [-0.25, -0.2) is 4.98 Å². The Labute approximate surface area is 222 Å². The van der Waals surface area contributed by atoms with E-state index in [1.165, 1.54) is 33.5 Å². The number of hydrogen-bond acceptors (Lipinski definition) is 7. The van der Waals surface area contributed by atoms with Crippen LogP contribution >= 0.6 is 9.24 Å². The first-order chi connectivity index (χ1) is 17.8. The fourth-order valence-electron chi connectivity index (χ4n) is 2.75. The Morgan fingerprint density at radius 2 is 1.47 bits per heavy atom. The molecule has 0 aliphatic carbocycles. The van der Waals surface area contributed by atoms with Crippen molar-refractivity contribution in [3.05, 3.63) is 65.9 Å². The number of aryl methyl sites for hydroxylation is 1. The van der Waals surface area contributed by atoms with Crippen LogP contribution in [0, 0.1) is 12.3 Å². The van der Waals surface area contributed by atoms with Crippen LogP contribution in [0.4, 0.5) is 8.78 Å². The van der Waals surface area contributed by atoms with Gasteiger partial charge in [-0.1, -0.05) is 23.1 Å². The highest BCUT2D eigenvalue weighted by Crippen LogP contribution is 2.36. The van der Waals surface area contributed by atoms with Gasteiger partial charge in [-0.15, -0.1) is 0 Å². The van der Waals surface area contributed by atoms with Gasteiger partial charge in [0, 0.05) is 28.3 Å². The van der Waals surface area contributed by atoms with E-state index in [0.717, 1.165) is 11.3 Å². The zero-order valence-electron chi connectivity index (χ0n) is 21.6. The molecule has 0 radical (unpaired) electrons. The van der Waals surface area contributed by atoms with Crippen molar-refractivity contribution < 1.29 is 33.0 Å². The van der Waals surface area contributed by atoms with Gasteiger partial charge in [0.2, 0.25) is 18.7 Å². The fraction of sp³-hybridized carbons (Fsp3) is 0.308. The molecule has 2 aromatic carbocycles. The summed E-state index contributed by atoms with van der Waals surface area (Å²) < 4.78 is 38.3. The van der Waals surface area contributed by atoms with Crippen molar-refractivity contribution in [1.82, 2.24) is 9.97 Å². The summed E-state index contributed by atoms with van der Waals surface area (Å²) in [6, 6.07) is 14.6. The van der Waals surface area contributed by atoms with E-state index in [1.54, 1.807) is 18.2 Å². The summed E-state index contributed by atoms with van der Waals surface area (Å²) >= 11 is 0. The average molecular weight is 551 g/mol. The molecule has 1 aromatic heterocycles. The third-order valence-electron chi connectivity index (χ3n) is 5.22. The standard InChI is InChI=1S/C24H27F2N2O3P.2CH3NO/c1-15-13-21(30-16(2)23(3,4)14-29)28-22(27-15)17-5-9-19(10-6-17)31-20-11-7-18(8-12-20)24(25,26)32;2*2-1-3/h5-13,16,29H,14,32H2,1-4H3;2*1H,(H2,2,3). The summed E-state index contributed by atoms with van der Waals surface area (Å²) in [5.41, 5.74) is 6.38. The molecule has 3 aromatic rings. The molecule has 0 saturated carbocycles. The predicted molar refractivity (Wildman–Crippen MR) is 144 cm³/mol. The molecule has 5 N–H and O–H groups in total. The number of rotatable bonds is 8. The zero-order chi connectivity index (χ0) is 28.9. The molecule has 38 heavy (non-hydrogen) atoms. The molecule has 0 aliphatic heterocycles. The molecule has 206 valence electrons. The van der Waals surface area contributed by atoms with E-state index in [2.05, 4.69) is 21.4 Å². The van der Waals surface area contributed by atoms with Crippen LogP contribution in [0.5, 0.6) is 17.4 Å². The van der Waals surface area contributed by atoms with E-state index in [9.17, 15) is 13.9 Å². The Balaban J connectivity index is 0.00000110. The summed E-state index contributed by atoms with van der Waals surface area (Å²) in [5.74, 6) is 1.96. The number of primary amides is 2. The number of benzene rings is 2. The lowest BCUT2D eigenvalue weighted by Crippen LogP contribution is -2.35. The number of hydrogen-bond donors (Lipinski definition) is 3. The van der Waals surface area contributed by atoms with Crippen molar-refractivity contribution in [3.63, 3.8) is 0 Å². The zero-order valence-corrected chi connectivity index (χ0v) is 22.8. The van der Waals surface area contributed by atoms with Crippen LogP contribution in [-0.4, -0.2) is 40.6 Å². The maximum absolute atomic E-state index is 13.3. The van der Waals surface area contributed by atoms with Crippen LogP contribution in [0.15, 0.2) is 54.6 Å². The van der Waals surface area contributed by atoms with Crippen molar-refractivity contribution in [2.75, 3.05) is 6.61 Å². The van der Waals surface area contributed by atoms with Gasteiger partial charge < -0.3 is 26.0 Å². The molecule has 0 aliphatic rings. The van der Waals surface area contributed by atoms with Gasteiger partial charge in [0.1, 0.15) is 17.6 Å². The average Bonchev–Trinajstić information content (AvgIpc) is 2.85. The second kappa shape index (κ2) is 14.9. The molecule has 3 rings (SSSR count). The molecule has 9 nitrogen and oxygen atoms in total. The smallest absolute Gasteiger partial charge is 0.283 e. The molecule has 2 amide bonds. The van der Waals surface area contributed by atoms with Gasteiger partial charge in [-0.05, 0) is 62.4 Å². The van der Waals surface area contributed by atoms with Gasteiger partial charge in [0.15, 0.2) is 5.82 Å². The molecule has 0 saturated heterocycles. The number of amides is 2. The van der Waals surface area contributed by atoms with Crippen molar-refractivity contribution in [3.8, 4) is 28.8 Å². The van der Waals surface area contributed by atoms with Crippen LogP contribution in [0.2, 0.25) is 0 Å². The second-order valence-corrected chi connectivity index (χ2v) is 9.35. The molecular weight excluding hydrogens is 517 g/mol. The van der Waals surface area contributed by atoms with E-state index in [1.807, 2.05) is 39.8 Å². The van der Waals surface area contributed by atoms with E-state index in [4.69, 9.17) is 19.1 Å². The quantitative estimate of drug-likeness (QED) is 0.281. The maximum atomic E-state index is 13.3. The van der Waals surface area contributed by atoms with E-state index in [0.29, 0.717) is 23.2 Å². The van der Waals surface area contributed by atoms with E-state index >= 15 is 0 Å². The highest BCUT2D eigenvalue weighted by molar-refractivity contribution is 7.17. The number of aliphatic hydroxyl groups excluding tert-OH is 1. The molecule has 2 unspecified atom stereocenters. The summed E-state index contributed by atoms with van der Waals surface area (Å²) in [6.07, 6.45) is 0.253. The minimum absolute atomic E-state index is 0.00485. The molecule has 2 atom stereocenters. The highest BCUT2D eigenvalue weighted by atomic mass is 31.0. The SMILES string of the molecule is Cc1cc(OC(C)C(C)(C)CO)nc(-c2ccc(Oc3ccc(C(F)(F)P)cc3)cc2)n1.NC=O.NC=O. The minimum Gasteiger partial charge on any atom is -0.474 e. The number of nitrogens with zero attached hydrogens (tertiary/aromatic N) is 2. The number of nitrogens with two attached hydrogens (primary N) is 2. The van der Waals surface area contributed by atoms with Crippen molar-refractivity contribution in [1.29, 1.82) is 0 Å². The van der Waals surface area contributed by atoms with Crippen LogP contribution < -0.4 is 20.9 Å². The topological polar surface area (TPSA) is 151 Å². The lowest BCUT2D eigenvalue weighted by atomic mass is 9.88. The highest BCUT2D eigenvalue weighted by Gasteiger charge is 2.27. The van der Waals surface area contributed by atoms with E-state index in [-0.39, 0.29) is 31.1 Å². The summed E-state index contributed by atoms with van der Waals surface area (Å²) in [4.78, 5) is 26.2. The molecule has 0 spiro atoms. The lowest BCUT2D eigenvalue weighted by molar-refractivity contribution is -0.107. The number of carbonyl (C=O) groups is 2. The Morgan fingerprint density at radius 1 is 1.00 bits per heavy atom. The largest absolute Gasteiger partial charge is 0.474 e. The monoisotopic (exact) mass is 550 g/mol. The lowest BCUT2D eigenvalue weighted by Gasteiger charge is -2.29. The summed E-state index contributed by atoms with van der Waals surface area (Å²) in [7, 11) is 1.52. The molecule has 0 fully saturated rings. The molecule has 0 bridgehead atoms. The second-order valence-electron chi connectivity index (χ2n) is 8.62. The number of carbonyl (C=O) groups excluding carboxylic acids is 2. The van der Waals surface area contributed by atoms with Crippen LogP contribution in [0.3, 0.4) is 0 Å². The number of halogens is 2. The van der Waals surface area contributed by atoms with Crippen molar-refractivity contribution in [2.24, 2.45) is 16.9 Å². The fourth-order valence-corrected chi connectivity index (χ4v) is 2.94. The summed E-state index contributed by atoms with van der Waals surface area (Å²) in [6.45, 7) is 7.60. The molecule has 1 heterocycles. The first-order valence-electron chi connectivity index (χ1n) is 11.3. The van der Waals surface area contributed by atoms with E-state index < -0.39 is 11.1 Å². The Bertz CT molecular complexity index is 1150. The maximum Gasteiger partial charge on any atom is 0.283 e. The summed E-state index contributed by atoms with van der Waals surface area (Å²) in [5, 5.41) is 9.55. The number of aromatic nitrogens is 2. The third kappa shape index (κ3) is 10.4. The number of ether oxygens (including phenoxy) is 2. The van der Waals surface area contributed by atoms with Crippen molar-refractivity contribution in [2.45, 2.75) is 39.5 Å². The predicted octanol–water partition coefficient (Wildman–Crippen LogP) is 4.16. The minimum atomic E-state index is -2.97. The van der Waals surface area contributed by atoms with Gasteiger partial charge in [-0.3, -0.25) is 9.59 Å². The van der Waals surface area contributed by atoms with Gasteiger partial charge in [0.05, 0.1) is 6.61 Å². The van der Waals surface area contributed by atoms with Crippen LogP contribution in [0.1, 0.15) is 32.0 Å². The number of aliphatic hydroxyl groups is 1. The van der Waals surface area contributed by atoms with Crippen LogP contribution in [-0.2, 0) is 15.3 Å². The Morgan fingerprint density at radius 3 is 1.92 bits per heavy atom. The molecular formula is C26H33F2N4O5P.